The van der Waals surface area contributed by atoms with Crippen molar-refractivity contribution in [1.29, 1.82) is 0 Å². The van der Waals surface area contributed by atoms with Crippen LogP contribution in [-0.2, 0) is 9.47 Å². The van der Waals surface area contributed by atoms with Crippen LogP contribution in [0.5, 0.6) is 0 Å². The van der Waals surface area contributed by atoms with E-state index in [0.29, 0.717) is 12.8 Å². The highest BCUT2D eigenvalue weighted by atomic mass is 16.7. The van der Waals surface area contributed by atoms with Gasteiger partial charge in [0.15, 0.2) is 6.29 Å². The summed E-state index contributed by atoms with van der Waals surface area (Å²) in [4.78, 5) is 0. The molecule has 26 heavy (non-hydrogen) atoms. The predicted molar refractivity (Wildman–Crippen MR) is 93.2 cm³/mol. The number of aliphatic hydroxyl groups is 5. The molecule has 0 bridgehead atoms. The first-order chi connectivity index (χ1) is 12.5. The highest BCUT2D eigenvalue weighted by Crippen LogP contribution is 2.23. The Morgan fingerprint density at radius 1 is 0.962 bits per heavy atom. The topological polar surface area (TPSA) is 120 Å². The van der Waals surface area contributed by atoms with Crippen LogP contribution in [0.3, 0.4) is 0 Å². The minimum absolute atomic E-state index is 0.290. The van der Waals surface area contributed by atoms with Crippen LogP contribution in [0.15, 0.2) is 0 Å². The lowest BCUT2D eigenvalue weighted by atomic mass is 9.99. The molecular weight excluding hydrogens is 340 g/mol. The first-order valence-electron chi connectivity index (χ1n) is 8.51. The average Bonchev–Trinajstić information content (AvgIpc) is 2.65. The van der Waals surface area contributed by atoms with Gasteiger partial charge in [-0.25, -0.2) is 0 Å². The van der Waals surface area contributed by atoms with E-state index in [9.17, 15) is 20.4 Å². The number of unbranched alkanes of at least 4 members (excludes halogenated alkanes) is 2. The van der Waals surface area contributed by atoms with Gasteiger partial charge in [0, 0.05) is 6.42 Å². The molecule has 1 saturated heterocycles. The number of rotatable bonds is 8. The molecule has 1 heterocycles. The zero-order chi connectivity index (χ0) is 19.4. The predicted octanol–water partition coefficient (Wildman–Crippen LogP) is -1.25. The van der Waals surface area contributed by atoms with E-state index in [-0.39, 0.29) is 6.61 Å². The van der Waals surface area contributed by atoms with Crippen molar-refractivity contribution >= 4 is 0 Å². The Morgan fingerprint density at radius 3 is 2.35 bits per heavy atom. The SMILES string of the molecule is CC#CC#CC#CCCCCC(CO)O[C@@H]1O[C@H](CO)[C@@H](O)[C@H](O)[C@H]1O. The molecule has 1 aliphatic rings. The molecule has 1 fully saturated rings. The van der Waals surface area contributed by atoms with Crippen LogP contribution in [-0.4, -0.2) is 75.6 Å². The second kappa shape index (κ2) is 12.7. The van der Waals surface area contributed by atoms with Gasteiger partial charge in [-0.3, -0.25) is 0 Å². The lowest BCUT2D eigenvalue weighted by Gasteiger charge is -2.40. The van der Waals surface area contributed by atoms with Crippen LogP contribution in [0.25, 0.3) is 0 Å². The van der Waals surface area contributed by atoms with Crippen molar-refractivity contribution in [1.82, 2.24) is 0 Å². The van der Waals surface area contributed by atoms with Gasteiger partial charge in [-0.15, -0.1) is 0 Å². The van der Waals surface area contributed by atoms with Crippen LogP contribution in [0.4, 0.5) is 0 Å². The van der Waals surface area contributed by atoms with Gasteiger partial charge in [-0.1, -0.05) is 11.8 Å². The summed E-state index contributed by atoms with van der Waals surface area (Å²) < 4.78 is 10.8. The quantitative estimate of drug-likeness (QED) is 0.269. The minimum Gasteiger partial charge on any atom is -0.394 e. The molecule has 5 N–H and O–H groups in total. The number of hydrogen-bond acceptors (Lipinski definition) is 7. The van der Waals surface area contributed by atoms with Crippen molar-refractivity contribution in [3.63, 3.8) is 0 Å². The number of hydrogen-bond donors (Lipinski definition) is 5. The molecule has 7 heteroatoms. The second-order valence-corrected chi connectivity index (χ2v) is 5.81. The lowest BCUT2D eigenvalue weighted by Crippen LogP contribution is -2.59. The minimum atomic E-state index is -1.50. The summed E-state index contributed by atoms with van der Waals surface area (Å²) in [6, 6.07) is 0. The van der Waals surface area contributed by atoms with Gasteiger partial charge in [0.2, 0.25) is 0 Å². The van der Waals surface area contributed by atoms with E-state index < -0.39 is 43.4 Å². The van der Waals surface area contributed by atoms with Gasteiger partial charge in [-0.05, 0) is 49.9 Å². The summed E-state index contributed by atoms with van der Waals surface area (Å²) in [5, 5.41) is 48.0. The third-order valence-electron chi connectivity index (χ3n) is 3.86. The smallest absolute Gasteiger partial charge is 0.187 e. The van der Waals surface area contributed by atoms with E-state index in [0.717, 1.165) is 12.8 Å². The van der Waals surface area contributed by atoms with Crippen LogP contribution in [0, 0.1) is 35.5 Å². The first kappa shape index (κ1) is 22.4. The molecular formula is C19H26O7. The van der Waals surface area contributed by atoms with E-state index in [1.165, 1.54) is 0 Å². The van der Waals surface area contributed by atoms with Gasteiger partial charge in [0.1, 0.15) is 24.4 Å². The molecule has 1 unspecified atom stereocenters. The Kier molecular flexibility index (Phi) is 11.0. The van der Waals surface area contributed by atoms with Gasteiger partial charge in [-0.2, -0.15) is 0 Å². The fourth-order valence-electron chi connectivity index (χ4n) is 2.39. The third-order valence-corrected chi connectivity index (χ3v) is 3.86. The van der Waals surface area contributed by atoms with Crippen molar-refractivity contribution in [2.45, 2.75) is 69.4 Å². The zero-order valence-corrected chi connectivity index (χ0v) is 14.8. The van der Waals surface area contributed by atoms with Crippen LogP contribution in [0.2, 0.25) is 0 Å². The molecule has 1 rings (SSSR count). The van der Waals surface area contributed by atoms with E-state index in [4.69, 9.17) is 14.6 Å². The fourth-order valence-corrected chi connectivity index (χ4v) is 2.39. The third kappa shape index (κ3) is 7.33. The zero-order valence-electron chi connectivity index (χ0n) is 14.8. The monoisotopic (exact) mass is 366 g/mol. The largest absolute Gasteiger partial charge is 0.394 e. The summed E-state index contributed by atoms with van der Waals surface area (Å²) in [6.45, 7) is 0.883. The van der Waals surface area contributed by atoms with Crippen molar-refractivity contribution in [3.8, 4) is 35.5 Å². The molecule has 0 radical (unpaired) electrons. The maximum Gasteiger partial charge on any atom is 0.187 e. The molecule has 0 amide bonds. The highest BCUT2D eigenvalue weighted by molar-refractivity contribution is 5.35. The summed E-state index contributed by atoms with van der Waals surface area (Å²) in [5.74, 6) is 16.0. The van der Waals surface area contributed by atoms with E-state index in [1.807, 2.05) is 0 Å². The summed E-state index contributed by atoms with van der Waals surface area (Å²) >= 11 is 0. The molecule has 0 aromatic carbocycles. The van der Waals surface area contributed by atoms with Crippen molar-refractivity contribution in [2.24, 2.45) is 0 Å². The molecule has 6 atom stereocenters. The van der Waals surface area contributed by atoms with Gasteiger partial charge in [0.05, 0.1) is 19.3 Å². The highest BCUT2D eigenvalue weighted by Gasteiger charge is 2.44. The maximum atomic E-state index is 9.93. The molecule has 0 aliphatic carbocycles. The van der Waals surface area contributed by atoms with E-state index >= 15 is 0 Å². The van der Waals surface area contributed by atoms with Crippen molar-refractivity contribution in [3.05, 3.63) is 0 Å². The van der Waals surface area contributed by atoms with E-state index in [1.54, 1.807) is 6.92 Å². The average molecular weight is 366 g/mol. The molecule has 7 nitrogen and oxygen atoms in total. The Balaban J connectivity index is 2.39. The summed E-state index contributed by atoms with van der Waals surface area (Å²) in [7, 11) is 0. The van der Waals surface area contributed by atoms with Crippen molar-refractivity contribution < 1.29 is 35.0 Å². The molecule has 1 aliphatic heterocycles. The second-order valence-electron chi connectivity index (χ2n) is 5.81. The van der Waals surface area contributed by atoms with Gasteiger partial charge in [0.25, 0.3) is 0 Å². The number of ether oxygens (including phenoxy) is 2. The molecule has 0 aromatic rings. The number of aliphatic hydroxyl groups excluding tert-OH is 5. The van der Waals surface area contributed by atoms with Gasteiger partial charge >= 0.3 is 0 Å². The fraction of sp³-hybridized carbons (Fsp3) is 0.684. The lowest BCUT2D eigenvalue weighted by molar-refractivity contribution is -0.313. The summed E-state index contributed by atoms with van der Waals surface area (Å²) in [6.07, 6.45) is -4.65. The van der Waals surface area contributed by atoms with Crippen LogP contribution in [0.1, 0.15) is 32.6 Å². The maximum absolute atomic E-state index is 9.93. The Bertz CT molecular complexity index is 584. The first-order valence-corrected chi connectivity index (χ1v) is 8.51. The molecule has 0 aromatic heterocycles. The molecule has 0 saturated carbocycles. The normalized spacial score (nSPS) is 28.6. The van der Waals surface area contributed by atoms with Crippen LogP contribution >= 0.6 is 0 Å². The van der Waals surface area contributed by atoms with Gasteiger partial charge < -0.3 is 35.0 Å². The Hall–Kier alpha value is -1.60. The molecule has 144 valence electrons. The van der Waals surface area contributed by atoms with Crippen molar-refractivity contribution in [2.75, 3.05) is 13.2 Å². The Morgan fingerprint density at radius 2 is 1.69 bits per heavy atom. The van der Waals surface area contributed by atoms with E-state index in [2.05, 4.69) is 35.5 Å². The standard InChI is InChI=1S/C19H26O7/c1-2-3-4-5-6-7-8-9-10-11-14(12-20)25-19-18(24)17(23)16(22)15(13-21)26-19/h14-24H,8-13H2,1H3/t14?,15-,16-,17+,18-,19-/m1/s1. The molecule has 0 spiro atoms. The Labute approximate surface area is 153 Å². The van der Waals surface area contributed by atoms with Crippen LogP contribution < -0.4 is 0 Å². The summed E-state index contributed by atoms with van der Waals surface area (Å²) in [5.41, 5.74) is 0.